The van der Waals surface area contributed by atoms with Gasteiger partial charge in [-0.1, -0.05) is 42.1 Å². The standard InChI is InChI=1S/C15H16N4S/c1-12-9-18-14(19-10-12)20-8-7-15(17,11-16)13-5-3-2-4-6-13/h2-6,9-10H,7-8,17H2,1H3. The lowest BCUT2D eigenvalue weighted by atomic mass is 9.90. The number of hydrogen-bond donors (Lipinski definition) is 1. The van der Waals surface area contributed by atoms with Crippen LogP contribution in [-0.4, -0.2) is 15.7 Å². The number of nitriles is 1. The van der Waals surface area contributed by atoms with Crippen LogP contribution in [0.5, 0.6) is 0 Å². The Hall–Kier alpha value is -1.90. The van der Waals surface area contributed by atoms with Crippen molar-refractivity contribution in [3.05, 3.63) is 53.9 Å². The number of aryl methyl sites for hydroxylation is 1. The van der Waals surface area contributed by atoms with E-state index in [2.05, 4.69) is 16.0 Å². The molecule has 4 nitrogen and oxygen atoms in total. The first kappa shape index (κ1) is 14.5. The molecule has 0 aliphatic carbocycles. The number of benzene rings is 1. The molecule has 1 heterocycles. The van der Waals surface area contributed by atoms with Crippen molar-refractivity contribution in [2.24, 2.45) is 5.73 Å². The molecule has 0 radical (unpaired) electrons. The summed E-state index contributed by atoms with van der Waals surface area (Å²) in [6.07, 6.45) is 4.12. The second kappa shape index (κ2) is 6.51. The van der Waals surface area contributed by atoms with Gasteiger partial charge in [0.25, 0.3) is 0 Å². The monoisotopic (exact) mass is 284 g/mol. The number of aromatic nitrogens is 2. The molecule has 102 valence electrons. The molecule has 0 saturated heterocycles. The Morgan fingerprint density at radius 3 is 2.50 bits per heavy atom. The zero-order valence-electron chi connectivity index (χ0n) is 11.3. The SMILES string of the molecule is Cc1cnc(SCCC(N)(C#N)c2ccccc2)nc1. The summed E-state index contributed by atoms with van der Waals surface area (Å²) < 4.78 is 0. The van der Waals surface area contributed by atoms with Crippen LogP contribution in [0.3, 0.4) is 0 Å². The topological polar surface area (TPSA) is 75.6 Å². The van der Waals surface area contributed by atoms with Crippen molar-refractivity contribution in [1.82, 2.24) is 9.97 Å². The molecule has 0 spiro atoms. The molecular weight excluding hydrogens is 268 g/mol. The summed E-state index contributed by atoms with van der Waals surface area (Å²) in [7, 11) is 0. The maximum absolute atomic E-state index is 9.36. The molecule has 1 atom stereocenters. The molecule has 1 aromatic carbocycles. The lowest BCUT2D eigenvalue weighted by Gasteiger charge is -2.21. The van der Waals surface area contributed by atoms with Crippen LogP contribution in [0.4, 0.5) is 0 Å². The van der Waals surface area contributed by atoms with Crippen LogP contribution in [0.25, 0.3) is 0 Å². The molecule has 0 aliphatic rings. The van der Waals surface area contributed by atoms with Gasteiger partial charge in [-0.15, -0.1) is 0 Å². The van der Waals surface area contributed by atoms with Crippen molar-refractivity contribution in [1.29, 1.82) is 5.26 Å². The molecule has 5 heteroatoms. The predicted molar refractivity (Wildman–Crippen MR) is 80.0 cm³/mol. The molecule has 1 unspecified atom stereocenters. The number of thioether (sulfide) groups is 1. The van der Waals surface area contributed by atoms with Gasteiger partial charge in [0.05, 0.1) is 6.07 Å². The van der Waals surface area contributed by atoms with E-state index in [0.717, 1.165) is 11.1 Å². The second-order valence-corrected chi connectivity index (χ2v) is 5.65. The summed E-state index contributed by atoms with van der Waals surface area (Å²) in [4.78, 5) is 8.45. The Morgan fingerprint density at radius 2 is 1.90 bits per heavy atom. The van der Waals surface area contributed by atoms with Gasteiger partial charge in [0.15, 0.2) is 5.16 Å². The molecular formula is C15H16N4S. The summed E-state index contributed by atoms with van der Waals surface area (Å²) in [5, 5.41) is 10.1. The normalized spacial score (nSPS) is 13.4. The highest BCUT2D eigenvalue weighted by atomic mass is 32.2. The molecule has 2 N–H and O–H groups in total. The average molecular weight is 284 g/mol. The first-order valence-electron chi connectivity index (χ1n) is 6.31. The van der Waals surface area contributed by atoms with Crippen molar-refractivity contribution in [3.8, 4) is 6.07 Å². The maximum Gasteiger partial charge on any atom is 0.187 e. The minimum Gasteiger partial charge on any atom is -0.310 e. The Bertz CT molecular complexity index is 592. The van der Waals surface area contributed by atoms with Gasteiger partial charge in [-0.2, -0.15) is 5.26 Å². The molecule has 0 fully saturated rings. The zero-order valence-corrected chi connectivity index (χ0v) is 12.1. The van der Waals surface area contributed by atoms with E-state index in [1.165, 1.54) is 11.8 Å². The van der Waals surface area contributed by atoms with Crippen LogP contribution in [0, 0.1) is 18.3 Å². The zero-order chi connectivity index (χ0) is 14.4. The molecule has 0 aliphatic heterocycles. The van der Waals surface area contributed by atoms with Gasteiger partial charge in [0.1, 0.15) is 5.54 Å². The number of nitrogens with two attached hydrogens (primary N) is 1. The Morgan fingerprint density at radius 1 is 1.25 bits per heavy atom. The molecule has 0 amide bonds. The third kappa shape index (κ3) is 3.56. The van der Waals surface area contributed by atoms with Gasteiger partial charge in [-0.05, 0) is 24.5 Å². The molecule has 2 rings (SSSR count). The van der Waals surface area contributed by atoms with Crippen LogP contribution in [-0.2, 0) is 5.54 Å². The highest BCUT2D eigenvalue weighted by molar-refractivity contribution is 7.99. The minimum absolute atomic E-state index is 0.551. The summed E-state index contributed by atoms with van der Waals surface area (Å²) >= 11 is 1.51. The summed E-state index contributed by atoms with van der Waals surface area (Å²) in [5.41, 5.74) is 7.10. The van der Waals surface area contributed by atoms with Crippen LogP contribution in [0.1, 0.15) is 17.5 Å². The van der Waals surface area contributed by atoms with E-state index in [4.69, 9.17) is 5.73 Å². The third-order valence-electron chi connectivity index (χ3n) is 2.97. The van der Waals surface area contributed by atoms with Crippen LogP contribution in [0.2, 0.25) is 0 Å². The lowest BCUT2D eigenvalue weighted by molar-refractivity contribution is 0.560. The minimum atomic E-state index is -0.959. The summed E-state index contributed by atoms with van der Waals surface area (Å²) in [5.74, 6) is 0.696. The van der Waals surface area contributed by atoms with E-state index in [-0.39, 0.29) is 0 Å². The predicted octanol–water partition coefficient (Wildman–Crippen LogP) is 2.65. The molecule has 20 heavy (non-hydrogen) atoms. The highest BCUT2D eigenvalue weighted by Gasteiger charge is 2.26. The Balaban J connectivity index is 1.98. The quantitative estimate of drug-likeness (QED) is 0.674. The fraction of sp³-hybridized carbons (Fsp3) is 0.267. The summed E-state index contributed by atoms with van der Waals surface area (Å²) in [6.45, 7) is 1.95. The molecule has 2 aromatic rings. The smallest absolute Gasteiger partial charge is 0.187 e. The maximum atomic E-state index is 9.36. The average Bonchev–Trinajstić information content (AvgIpc) is 2.50. The van der Waals surface area contributed by atoms with E-state index in [1.807, 2.05) is 37.3 Å². The van der Waals surface area contributed by atoms with Gasteiger partial charge in [0, 0.05) is 18.1 Å². The van der Waals surface area contributed by atoms with Crippen molar-refractivity contribution in [2.45, 2.75) is 24.0 Å². The van der Waals surface area contributed by atoms with E-state index >= 15 is 0 Å². The van der Waals surface area contributed by atoms with Gasteiger partial charge >= 0.3 is 0 Å². The number of hydrogen-bond acceptors (Lipinski definition) is 5. The third-order valence-corrected chi connectivity index (χ3v) is 3.85. The van der Waals surface area contributed by atoms with E-state index in [9.17, 15) is 5.26 Å². The van der Waals surface area contributed by atoms with E-state index in [0.29, 0.717) is 17.3 Å². The van der Waals surface area contributed by atoms with Gasteiger partial charge in [-0.3, -0.25) is 0 Å². The number of rotatable bonds is 5. The largest absolute Gasteiger partial charge is 0.310 e. The van der Waals surface area contributed by atoms with Crippen LogP contribution >= 0.6 is 11.8 Å². The van der Waals surface area contributed by atoms with Gasteiger partial charge in [0.2, 0.25) is 0 Å². The lowest BCUT2D eigenvalue weighted by Crippen LogP contribution is -2.35. The second-order valence-electron chi connectivity index (χ2n) is 4.59. The van der Waals surface area contributed by atoms with Crippen molar-refractivity contribution in [2.75, 3.05) is 5.75 Å². The van der Waals surface area contributed by atoms with Crippen molar-refractivity contribution < 1.29 is 0 Å². The molecule has 0 bridgehead atoms. The highest BCUT2D eigenvalue weighted by Crippen LogP contribution is 2.25. The molecule has 1 aromatic heterocycles. The first-order valence-corrected chi connectivity index (χ1v) is 7.30. The summed E-state index contributed by atoms with van der Waals surface area (Å²) in [6, 6.07) is 11.7. The van der Waals surface area contributed by atoms with E-state index in [1.54, 1.807) is 12.4 Å². The van der Waals surface area contributed by atoms with Crippen molar-refractivity contribution in [3.63, 3.8) is 0 Å². The number of nitrogens with zero attached hydrogens (tertiary/aromatic N) is 3. The fourth-order valence-corrected chi connectivity index (χ4v) is 2.62. The first-order chi connectivity index (χ1) is 9.64. The van der Waals surface area contributed by atoms with Crippen molar-refractivity contribution >= 4 is 11.8 Å². The van der Waals surface area contributed by atoms with Crippen LogP contribution in [0.15, 0.2) is 47.9 Å². The van der Waals surface area contributed by atoms with Gasteiger partial charge < -0.3 is 5.73 Å². The van der Waals surface area contributed by atoms with Crippen LogP contribution < -0.4 is 5.73 Å². The Labute approximate surface area is 123 Å². The van der Waals surface area contributed by atoms with E-state index < -0.39 is 5.54 Å². The fourth-order valence-electron chi connectivity index (χ4n) is 1.76. The Kier molecular flexibility index (Phi) is 4.72. The van der Waals surface area contributed by atoms with Gasteiger partial charge in [-0.25, -0.2) is 9.97 Å². The molecule has 0 saturated carbocycles.